The van der Waals surface area contributed by atoms with E-state index in [-0.39, 0.29) is 12.1 Å². The maximum Gasteiger partial charge on any atom is 0.326 e. The topological polar surface area (TPSA) is 69.6 Å². The molecule has 5 nitrogen and oxygen atoms in total. The molecule has 1 fully saturated rings. The van der Waals surface area contributed by atoms with Gasteiger partial charge in [0.15, 0.2) is 0 Å². The number of carboxylic acid groups (broad SMARTS) is 1. The molecule has 1 saturated heterocycles. The standard InChI is InChI=1S/C14H26N2O3/c1-10(2)9-11(3)15-14(19)16-8-6-4-5-7-12(16)13(17)18/h10-12H,4-9H2,1-3H3,(H,15,19)(H,17,18). The number of carbonyl (C=O) groups is 2. The molecule has 1 aliphatic rings. The minimum absolute atomic E-state index is 0.0743. The summed E-state index contributed by atoms with van der Waals surface area (Å²) in [5.74, 6) is -0.386. The summed E-state index contributed by atoms with van der Waals surface area (Å²) < 4.78 is 0. The molecule has 1 aliphatic heterocycles. The molecule has 2 amide bonds. The van der Waals surface area contributed by atoms with Crippen LogP contribution in [-0.2, 0) is 4.79 Å². The van der Waals surface area contributed by atoms with E-state index in [0.29, 0.717) is 18.9 Å². The van der Waals surface area contributed by atoms with Crippen molar-refractivity contribution in [3.05, 3.63) is 0 Å². The third kappa shape index (κ3) is 5.09. The Morgan fingerprint density at radius 3 is 2.53 bits per heavy atom. The van der Waals surface area contributed by atoms with Gasteiger partial charge in [-0.3, -0.25) is 0 Å². The fourth-order valence-electron chi connectivity index (χ4n) is 2.67. The monoisotopic (exact) mass is 270 g/mol. The third-order valence-electron chi connectivity index (χ3n) is 3.49. The molecule has 110 valence electrons. The lowest BCUT2D eigenvalue weighted by Crippen LogP contribution is -2.51. The van der Waals surface area contributed by atoms with Crippen molar-refractivity contribution in [1.82, 2.24) is 10.2 Å². The van der Waals surface area contributed by atoms with E-state index in [9.17, 15) is 14.7 Å². The van der Waals surface area contributed by atoms with Crippen LogP contribution in [-0.4, -0.2) is 40.6 Å². The predicted octanol–water partition coefficient (Wildman–Crippen LogP) is 2.46. The lowest BCUT2D eigenvalue weighted by Gasteiger charge is -2.29. The van der Waals surface area contributed by atoms with E-state index in [1.807, 2.05) is 6.92 Å². The van der Waals surface area contributed by atoms with Gasteiger partial charge in [-0.2, -0.15) is 0 Å². The Bertz CT molecular complexity index is 318. The van der Waals surface area contributed by atoms with E-state index >= 15 is 0 Å². The minimum Gasteiger partial charge on any atom is -0.480 e. The van der Waals surface area contributed by atoms with E-state index in [1.54, 1.807) is 0 Å². The van der Waals surface area contributed by atoms with Gasteiger partial charge in [-0.1, -0.05) is 26.7 Å². The zero-order valence-electron chi connectivity index (χ0n) is 12.2. The van der Waals surface area contributed by atoms with Crippen molar-refractivity contribution in [2.24, 2.45) is 5.92 Å². The summed E-state index contributed by atoms with van der Waals surface area (Å²) in [6, 6.07) is -0.832. The first-order valence-corrected chi connectivity index (χ1v) is 7.21. The molecule has 0 spiro atoms. The molecule has 0 radical (unpaired) electrons. The molecule has 19 heavy (non-hydrogen) atoms. The number of hydrogen-bond acceptors (Lipinski definition) is 2. The number of hydrogen-bond donors (Lipinski definition) is 2. The second-order valence-corrected chi connectivity index (χ2v) is 5.88. The molecule has 0 bridgehead atoms. The average molecular weight is 270 g/mol. The van der Waals surface area contributed by atoms with Gasteiger partial charge >= 0.3 is 12.0 Å². The summed E-state index contributed by atoms with van der Waals surface area (Å²) in [6.45, 7) is 6.71. The predicted molar refractivity (Wildman–Crippen MR) is 74.0 cm³/mol. The van der Waals surface area contributed by atoms with Crippen LogP contribution in [0, 0.1) is 5.92 Å². The highest BCUT2D eigenvalue weighted by Crippen LogP contribution is 2.17. The van der Waals surface area contributed by atoms with Gasteiger partial charge < -0.3 is 15.3 Å². The maximum absolute atomic E-state index is 12.2. The highest BCUT2D eigenvalue weighted by Gasteiger charge is 2.31. The molecule has 2 N–H and O–H groups in total. The van der Waals surface area contributed by atoms with Gasteiger partial charge in [-0.25, -0.2) is 9.59 Å². The quantitative estimate of drug-likeness (QED) is 0.824. The zero-order valence-corrected chi connectivity index (χ0v) is 12.2. The number of nitrogens with zero attached hydrogens (tertiary/aromatic N) is 1. The SMILES string of the molecule is CC(C)CC(C)NC(=O)N1CCCCCC1C(=O)O. The smallest absolute Gasteiger partial charge is 0.326 e. The van der Waals surface area contributed by atoms with Gasteiger partial charge in [0.25, 0.3) is 0 Å². The average Bonchev–Trinajstić information content (AvgIpc) is 2.52. The van der Waals surface area contributed by atoms with E-state index in [2.05, 4.69) is 19.2 Å². The van der Waals surface area contributed by atoms with Gasteiger partial charge in [-0.15, -0.1) is 0 Å². The first kappa shape index (κ1) is 15.8. The molecule has 0 saturated carbocycles. The van der Waals surface area contributed by atoms with E-state index < -0.39 is 12.0 Å². The number of rotatable bonds is 4. The molecule has 0 aliphatic carbocycles. The molecule has 0 aromatic rings. The first-order valence-electron chi connectivity index (χ1n) is 7.21. The number of urea groups is 1. The van der Waals surface area contributed by atoms with E-state index in [0.717, 1.165) is 25.7 Å². The van der Waals surface area contributed by atoms with Crippen LogP contribution in [0.4, 0.5) is 4.79 Å². The summed E-state index contributed by atoms with van der Waals surface area (Å²) in [5, 5.41) is 12.2. The number of carboxylic acids is 1. The molecule has 0 aromatic carbocycles. The van der Waals surface area contributed by atoms with Crippen molar-refractivity contribution in [2.75, 3.05) is 6.54 Å². The highest BCUT2D eigenvalue weighted by molar-refractivity contribution is 5.82. The highest BCUT2D eigenvalue weighted by atomic mass is 16.4. The van der Waals surface area contributed by atoms with Crippen molar-refractivity contribution in [1.29, 1.82) is 0 Å². The normalized spacial score (nSPS) is 21.9. The Balaban J connectivity index is 2.62. The second-order valence-electron chi connectivity index (χ2n) is 5.88. The molecule has 1 rings (SSSR count). The van der Waals surface area contributed by atoms with Crippen molar-refractivity contribution < 1.29 is 14.7 Å². The van der Waals surface area contributed by atoms with Crippen LogP contribution >= 0.6 is 0 Å². The Kier molecular flexibility index (Phi) is 6.12. The Morgan fingerprint density at radius 1 is 1.26 bits per heavy atom. The molecular weight excluding hydrogens is 244 g/mol. The van der Waals surface area contributed by atoms with Gasteiger partial charge in [0.1, 0.15) is 6.04 Å². The number of likely N-dealkylation sites (tertiary alicyclic amines) is 1. The fraction of sp³-hybridized carbons (Fsp3) is 0.857. The summed E-state index contributed by atoms with van der Waals surface area (Å²) in [5.41, 5.74) is 0. The van der Waals surface area contributed by atoms with Crippen LogP contribution in [0.2, 0.25) is 0 Å². The van der Waals surface area contributed by atoms with Gasteiger partial charge in [0, 0.05) is 12.6 Å². The summed E-state index contributed by atoms with van der Waals surface area (Å²) in [4.78, 5) is 25.0. The Hall–Kier alpha value is -1.26. The Labute approximate surface area is 115 Å². The van der Waals surface area contributed by atoms with Crippen LogP contribution in [0.1, 0.15) is 52.9 Å². The zero-order chi connectivity index (χ0) is 14.4. The molecule has 2 unspecified atom stereocenters. The summed E-state index contributed by atoms with van der Waals surface area (Å²) >= 11 is 0. The molecule has 1 heterocycles. The third-order valence-corrected chi connectivity index (χ3v) is 3.49. The minimum atomic E-state index is -0.895. The van der Waals surface area contributed by atoms with Crippen molar-refractivity contribution in [2.45, 2.75) is 65.0 Å². The molecule has 5 heteroatoms. The van der Waals surface area contributed by atoms with Crippen molar-refractivity contribution >= 4 is 12.0 Å². The van der Waals surface area contributed by atoms with E-state index in [1.165, 1.54) is 4.90 Å². The van der Waals surface area contributed by atoms with Gasteiger partial charge in [0.05, 0.1) is 0 Å². The fourth-order valence-corrected chi connectivity index (χ4v) is 2.67. The number of nitrogens with one attached hydrogen (secondary N) is 1. The van der Waals surface area contributed by atoms with Crippen molar-refractivity contribution in [3.63, 3.8) is 0 Å². The van der Waals surface area contributed by atoms with Crippen LogP contribution in [0.3, 0.4) is 0 Å². The molecule has 0 aromatic heterocycles. The number of carbonyl (C=O) groups excluding carboxylic acids is 1. The van der Waals surface area contributed by atoms with Crippen molar-refractivity contribution in [3.8, 4) is 0 Å². The van der Waals surface area contributed by atoms with E-state index in [4.69, 9.17) is 0 Å². The van der Waals surface area contributed by atoms with Crippen LogP contribution in [0.5, 0.6) is 0 Å². The summed E-state index contributed by atoms with van der Waals surface area (Å²) in [7, 11) is 0. The summed E-state index contributed by atoms with van der Waals surface area (Å²) in [6.07, 6.45) is 4.21. The first-order chi connectivity index (χ1) is 8.91. The van der Waals surface area contributed by atoms with Crippen LogP contribution < -0.4 is 5.32 Å². The van der Waals surface area contributed by atoms with Gasteiger partial charge in [0.2, 0.25) is 0 Å². The lowest BCUT2D eigenvalue weighted by molar-refractivity contribution is -0.142. The second kappa shape index (κ2) is 7.36. The number of aliphatic carboxylic acids is 1. The Morgan fingerprint density at radius 2 is 1.95 bits per heavy atom. The maximum atomic E-state index is 12.2. The number of amides is 2. The lowest BCUT2D eigenvalue weighted by atomic mass is 10.1. The molecule has 2 atom stereocenters. The van der Waals surface area contributed by atoms with Crippen LogP contribution in [0.25, 0.3) is 0 Å². The van der Waals surface area contributed by atoms with Gasteiger partial charge in [-0.05, 0) is 32.1 Å². The molecular formula is C14H26N2O3. The largest absolute Gasteiger partial charge is 0.480 e. The van der Waals surface area contributed by atoms with Crippen LogP contribution in [0.15, 0.2) is 0 Å².